The molecule has 0 saturated heterocycles. The van der Waals surface area contributed by atoms with Crippen LogP contribution in [0.3, 0.4) is 0 Å². The van der Waals surface area contributed by atoms with Crippen molar-refractivity contribution in [2.75, 3.05) is 0 Å². The normalized spacial score (nSPS) is 20.9. The molecule has 0 radical (unpaired) electrons. The van der Waals surface area contributed by atoms with E-state index in [1.165, 1.54) is 10.5 Å². The van der Waals surface area contributed by atoms with Crippen molar-refractivity contribution in [2.24, 2.45) is 4.99 Å². The summed E-state index contributed by atoms with van der Waals surface area (Å²) < 4.78 is 0. The molecule has 2 aliphatic rings. The summed E-state index contributed by atoms with van der Waals surface area (Å²) in [5.74, 6) is 0. The van der Waals surface area contributed by atoms with Crippen LogP contribution in [0.5, 0.6) is 0 Å². The third-order valence-electron chi connectivity index (χ3n) is 2.97. The second-order valence-electron chi connectivity index (χ2n) is 4.30. The Labute approximate surface area is 116 Å². The Bertz CT molecular complexity index is 772. The summed E-state index contributed by atoms with van der Waals surface area (Å²) in [6.07, 6.45) is 11.2. The molecule has 0 fully saturated rings. The molecule has 1 aliphatic heterocycles. The first-order valence-corrected chi connectivity index (χ1v) is 6.97. The minimum Gasteiger partial charge on any atom is -0.242 e. The number of hydrogen-bond acceptors (Lipinski definition) is 2. The smallest absolute Gasteiger partial charge is 0.0943 e. The molecule has 0 saturated carbocycles. The number of thioether (sulfide) groups is 1. The standard InChI is InChI=1S/C17H13NS/c1-13-18-16-9-6-5-7-14(16)11-12-15-8-3-2-4-10-17(15)19-13/h2-3,5-11H,1,12H2/b14-11-,18-16-. The Kier molecular flexibility index (Phi) is 3.37. The molecule has 2 heteroatoms. The van der Waals surface area contributed by atoms with Crippen LogP contribution in [0.4, 0.5) is 0 Å². The van der Waals surface area contributed by atoms with E-state index in [0.29, 0.717) is 0 Å². The molecular formula is C17H13NS. The van der Waals surface area contributed by atoms with E-state index in [1.807, 2.05) is 36.4 Å². The Morgan fingerprint density at radius 3 is 3.11 bits per heavy atom. The molecule has 0 aromatic heterocycles. The third-order valence-corrected chi connectivity index (χ3v) is 3.90. The molecule has 3 rings (SSSR count). The average Bonchev–Trinajstić information content (AvgIpc) is 2.59. The van der Waals surface area contributed by atoms with Crippen molar-refractivity contribution in [3.05, 3.63) is 87.0 Å². The summed E-state index contributed by atoms with van der Waals surface area (Å²) >= 11 is 1.60. The lowest BCUT2D eigenvalue weighted by molar-refractivity contribution is 1.27. The van der Waals surface area contributed by atoms with Crippen molar-refractivity contribution < 1.29 is 0 Å². The first-order valence-electron chi connectivity index (χ1n) is 6.16. The van der Waals surface area contributed by atoms with Crippen LogP contribution in [-0.2, 0) is 0 Å². The lowest BCUT2D eigenvalue weighted by Gasteiger charge is -2.04. The number of hydrogen-bond donors (Lipinski definition) is 0. The molecule has 0 N–H and O–H groups in total. The fourth-order valence-corrected chi connectivity index (χ4v) is 2.86. The van der Waals surface area contributed by atoms with Gasteiger partial charge in [-0.2, -0.15) is 0 Å². The van der Waals surface area contributed by atoms with Gasteiger partial charge in [0.25, 0.3) is 0 Å². The molecule has 0 atom stereocenters. The minimum absolute atomic E-state index is 0.809. The molecule has 1 aromatic carbocycles. The van der Waals surface area contributed by atoms with E-state index < -0.39 is 0 Å². The molecule has 92 valence electrons. The fraction of sp³-hybridized carbons (Fsp3) is 0.0588. The van der Waals surface area contributed by atoms with Gasteiger partial charge in [0.2, 0.25) is 0 Å². The number of rotatable bonds is 0. The van der Waals surface area contributed by atoms with Crippen LogP contribution in [0.15, 0.2) is 81.4 Å². The van der Waals surface area contributed by atoms with Gasteiger partial charge in [-0.15, -0.1) is 5.73 Å². The van der Waals surface area contributed by atoms with Gasteiger partial charge >= 0.3 is 0 Å². The van der Waals surface area contributed by atoms with E-state index in [-0.39, 0.29) is 0 Å². The first-order chi connectivity index (χ1) is 9.33. The van der Waals surface area contributed by atoms with Gasteiger partial charge in [0.15, 0.2) is 0 Å². The van der Waals surface area contributed by atoms with Crippen LogP contribution in [0.1, 0.15) is 6.42 Å². The number of para-hydroxylation sites is 1. The monoisotopic (exact) mass is 263 g/mol. The van der Waals surface area contributed by atoms with Gasteiger partial charge in [0, 0.05) is 4.91 Å². The lowest BCUT2D eigenvalue weighted by atomic mass is 10.1. The van der Waals surface area contributed by atoms with Crippen LogP contribution < -0.4 is 10.6 Å². The fourth-order valence-electron chi connectivity index (χ4n) is 2.05. The van der Waals surface area contributed by atoms with Gasteiger partial charge in [-0.1, -0.05) is 54.8 Å². The number of allylic oxidation sites excluding steroid dienone is 4. The molecule has 0 spiro atoms. The molecule has 0 amide bonds. The number of fused-ring (bicyclic) bond motifs is 1. The minimum atomic E-state index is 0.809. The van der Waals surface area contributed by atoms with E-state index >= 15 is 0 Å². The summed E-state index contributed by atoms with van der Waals surface area (Å²) in [7, 11) is 0. The topological polar surface area (TPSA) is 12.4 Å². The molecule has 19 heavy (non-hydrogen) atoms. The SMILES string of the molecule is C=C1/N=c2/cccc/c2=C/CC2=C(C=C=CC=C2)S1. The van der Waals surface area contributed by atoms with Crippen LogP contribution >= 0.6 is 11.8 Å². The number of benzene rings is 1. The Morgan fingerprint density at radius 1 is 1.26 bits per heavy atom. The van der Waals surface area contributed by atoms with E-state index in [9.17, 15) is 0 Å². The predicted octanol–water partition coefficient (Wildman–Crippen LogP) is 3.23. The van der Waals surface area contributed by atoms with Crippen LogP contribution in [0.25, 0.3) is 6.08 Å². The molecule has 1 nitrogen and oxygen atoms in total. The van der Waals surface area contributed by atoms with Gasteiger partial charge in [-0.3, -0.25) is 0 Å². The summed E-state index contributed by atoms with van der Waals surface area (Å²) in [5.41, 5.74) is 4.42. The maximum Gasteiger partial charge on any atom is 0.0943 e. The van der Waals surface area contributed by atoms with E-state index in [0.717, 1.165) is 22.0 Å². The molecule has 1 heterocycles. The van der Waals surface area contributed by atoms with E-state index in [2.05, 4.69) is 35.5 Å². The quantitative estimate of drug-likeness (QED) is 0.655. The maximum atomic E-state index is 4.60. The zero-order chi connectivity index (χ0) is 13.1. The van der Waals surface area contributed by atoms with Crippen molar-refractivity contribution in [3.63, 3.8) is 0 Å². The lowest BCUT2D eigenvalue weighted by Crippen LogP contribution is -2.23. The van der Waals surface area contributed by atoms with Gasteiger partial charge in [-0.05, 0) is 35.4 Å². The highest BCUT2D eigenvalue weighted by molar-refractivity contribution is 8.06. The molecule has 0 unspecified atom stereocenters. The van der Waals surface area contributed by atoms with Crippen LogP contribution in [0, 0.1) is 0 Å². The highest BCUT2D eigenvalue weighted by atomic mass is 32.2. The molecular weight excluding hydrogens is 250 g/mol. The Balaban J connectivity index is 2.18. The second kappa shape index (κ2) is 5.31. The van der Waals surface area contributed by atoms with Gasteiger partial charge in [-0.25, -0.2) is 4.99 Å². The third kappa shape index (κ3) is 2.70. The first kappa shape index (κ1) is 12.0. The van der Waals surface area contributed by atoms with Gasteiger partial charge in [0.1, 0.15) is 0 Å². The van der Waals surface area contributed by atoms with Crippen LogP contribution in [0.2, 0.25) is 0 Å². The molecule has 1 aliphatic carbocycles. The summed E-state index contributed by atoms with van der Waals surface area (Å²) in [5, 5.41) is 2.96. The summed E-state index contributed by atoms with van der Waals surface area (Å²) in [6, 6.07) is 8.17. The number of nitrogens with zero attached hydrogens (tertiary/aromatic N) is 1. The van der Waals surface area contributed by atoms with Gasteiger partial charge in [0.05, 0.1) is 10.4 Å². The van der Waals surface area contributed by atoms with E-state index in [4.69, 9.17) is 0 Å². The Morgan fingerprint density at radius 2 is 2.16 bits per heavy atom. The maximum absolute atomic E-state index is 4.60. The molecule has 1 aromatic rings. The van der Waals surface area contributed by atoms with E-state index in [1.54, 1.807) is 11.8 Å². The highest BCUT2D eigenvalue weighted by Crippen LogP contribution is 2.31. The summed E-state index contributed by atoms with van der Waals surface area (Å²) in [4.78, 5) is 5.77. The second-order valence-corrected chi connectivity index (χ2v) is 5.42. The zero-order valence-corrected chi connectivity index (χ0v) is 11.3. The summed E-state index contributed by atoms with van der Waals surface area (Å²) in [6.45, 7) is 4.04. The van der Waals surface area contributed by atoms with Crippen molar-refractivity contribution in [1.29, 1.82) is 0 Å². The van der Waals surface area contributed by atoms with Crippen molar-refractivity contribution in [1.82, 2.24) is 0 Å². The van der Waals surface area contributed by atoms with Crippen molar-refractivity contribution in [3.8, 4) is 0 Å². The van der Waals surface area contributed by atoms with Crippen molar-refractivity contribution >= 4 is 17.8 Å². The van der Waals surface area contributed by atoms with Crippen LogP contribution in [-0.4, -0.2) is 0 Å². The van der Waals surface area contributed by atoms with Crippen molar-refractivity contribution in [2.45, 2.75) is 6.42 Å². The predicted molar refractivity (Wildman–Crippen MR) is 81.9 cm³/mol. The molecule has 0 bridgehead atoms. The zero-order valence-electron chi connectivity index (χ0n) is 10.5. The largest absolute Gasteiger partial charge is 0.242 e. The average molecular weight is 263 g/mol. The van der Waals surface area contributed by atoms with Gasteiger partial charge < -0.3 is 0 Å². The highest BCUT2D eigenvalue weighted by Gasteiger charge is 2.06. The Hall–Kier alpha value is -2.02.